The van der Waals surface area contributed by atoms with Crippen LogP contribution in [0.1, 0.15) is 11.3 Å². The van der Waals surface area contributed by atoms with Crippen molar-refractivity contribution in [3.63, 3.8) is 0 Å². The molecular weight excluding hydrogens is 612 g/mol. The van der Waals surface area contributed by atoms with Crippen molar-refractivity contribution in [2.24, 2.45) is 9.74 Å². The molecule has 0 aliphatic carbocycles. The fraction of sp³-hybridized carbons (Fsp3) is 0.214. The lowest BCUT2D eigenvalue weighted by Crippen LogP contribution is -2.45. The van der Waals surface area contributed by atoms with Crippen molar-refractivity contribution in [2.45, 2.75) is 6.92 Å². The Bertz CT molecular complexity index is 1740. The molecule has 0 bridgehead atoms. The van der Waals surface area contributed by atoms with E-state index in [1.54, 1.807) is 28.9 Å². The van der Waals surface area contributed by atoms with Crippen molar-refractivity contribution in [1.29, 1.82) is 0 Å². The van der Waals surface area contributed by atoms with Crippen molar-refractivity contribution < 1.29 is 14.1 Å². The molecule has 4 aromatic rings. The second-order valence-corrected chi connectivity index (χ2v) is 13.4. The Balaban J connectivity index is 1.72. The van der Waals surface area contributed by atoms with Crippen LogP contribution in [0.15, 0.2) is 87.0 Å². The number of nitrogens with zero attached hydrogens (tertiary/aromatic N) is 7. The van der Waals surface area contributed by atoms with Crippen LogP contribution in [-0.2, 0) is 4.74 Å². The second-order valence-electron chi connectivity index (χ2n) is 9.57. The molecule has 0 unspecified atom stereocenters. The summed E-state index contributed by atoms with van der Waals surface area (Å²) < 4.78 is 33.1. The number of non-ortho nitro benzene ring substituents is 1. The molecule has 0 saturated carbocycles. The number of aryl methyl sites for hydroxylation is 1. The fourth-order valence-corrected chi connectivity index (χ4v) is 9.64. The Morgan fingerprint density at radius 3 is 2.46 bits per heavy atom. The molecule has 2 aliphatic rings. The monoisotopic (exact) mass is 637 g/mol. The molecule has 10 nitrogen and oxygen atoms in total. The van der Waals surface area contributed by atoms with Gasteiger partial charge in [0.05, 0.1) is 50.5 Å². The molecule has 2 aliphatic heterocycles. The summed E-state index contributed by atoms with van der Waals surface area (Å²) in [7, 11) is -1.09. The van der Waals surface area contributed by atoms with Gasteiger partial charge >= 0.3 is 0 Å². The van der Waals surface area contributed by atoms with Gasteiger partial charge in [0.25, 0.3) is 5.69 Å². The Morgan fingerprint density at radius 2 is 1.78 bits per heavy atom. The van der Waals surface area contributed by atoms with Crippen LogP contribution in [0.4, 0.5) is 21.6 Å². The number of halogens is 2. The van der Waals surface area contributed by atoms with Crippen LogP contribution in [0, 0.1) is 22.9 Å². The Kier molecular flexibility index (Phi) is 7.33. The van der Waals surface area contributed by atoms with E-state index in [2.05, 4.69) is 20.6 Å². The molecule has 3 aromatic carbocycles. The van der Waals surface area contributed by atoms with E-state index in [0.29, 0.717) is 53.7 Å². The number of fused-ring (bicyclic) bond motifs is 1. The normalized spacial score (nSPS) is 19.0. The zero-order valence-corrected chi connectivity index (χ0v) is 24.8. The van der Waals surface area contributed by atoms with Crippen LogP contribution >= 0.6 is 23.3 Å². The van der Waals surface area contributed by atoms with E-state index in [0.717, 1.165) is 16.7 Å². The third-order valence-corrected chi connectivity index (χ3v) is 11.6. The first-order chi connectivity index (χ1) is 19.8. The summed E-state index contributed by atoms with van der Waals surface area (Å²) in [5.74, 6) is 0.599. The number of ether oxygens (including phenoxy) is 1. The maximum absolute atomic E-state index is 15.4. The highest BCUT2D eigenvalue weighted by molar-refractivity contribution is 9.10. The zero-order valence-electron chi connectivity index (χ0n) is 22.3. The Morgan fingerprint density at radius 1 is 1.07 bits per heavy atom. The first-order valence-corrected chi connectivity index (χ1v) is 15.4. The highest BCUT2D eigenvalue weighted by Gasteiger charge is 2.46. The van der Waals surface area contributed by atoms with Gasteiger partial charge in [-0.05, 0) is 53.2 Å². The maximum atomic E-state index is 15.4. The fourth-order valence-electron chi connectivity index (χ4n) is 5.22. The number of hydrogen-bond donors (Lipinski definition) is 0. The smallest absolute Gasteiger partial charge is 0.270 e. The van der Waals surface area contributed by atoms with Crippen LogP contribution in [-0.4, -0.2) is 63.2 Å². The lowest BCUT2D eigenvalue weighted by molar-refractivity contribution is -0.384. The van der Waals surface area contributed by atoms with Crippen LogP contribution in [0.5, 0.6) is 0 Å². The number of aromatic nitrogens is 2. The molecule has 1 aromatic heterocycles. The van der Waals surface area contributed by atoms with Crippen molar-refractivity contribution in [1.82, 2.24) is 19.1 Å². The topological polar surface area (TPSA) is 101 Å². The number of morpholine rings is 1. The van der Waals surface area contributed by atoms with Gasteiger partial charge in [0.1, 0.15) is 11.7 Å². The summed E-state index contributed by atoms with van der Waals surface area (Å²) >= 11 is 3.53. The van der Waals surface area contributed by atoms with Crippen LogP contribution in [0.3, 0.4) is 0 Å². The van der Waals surface area contributed by atoms with Gasteiger partial charge in [0.15, 0.2) is 13.2 Å². The molecule has 41 heavy (non-hydrogen) atoms. The molecule has 1 atom stereocenters. The average Bonchev–Trinajstić information content (AvgIpc) is 3.32. The first-order valence-electron chi connectivity index (χ1n) is 12.9. The maximum Gasteiger partial charge on any atom is 0.270 e. The number of nitro benzene ring substituents is 1. The molecule has 6 rings (SSSR count). The molecule has 0 radical (unpaired) electrons. The predicted octanol–water partition coefficient (Wildman–Crippen LogP) is 6.33. The van der Waals surface area contributed by atoms with Gasteiger partial charge in [0.2, 0.25) is 0 Å². The van der Waals surface area contributed by atoms with E-state index in [1.165, 1.54) is 18.2 Å². The highest BCUT2D eigenvalue weighted by atomic mass is 79.9. The Hall–Kier alpha value is -3.70. The van der Waals surface area contributed by atoms with Gasteiger partial charge in [0, 0.05) is 32.3 Å². The summed E-state index contributed by atoms with van der Waals surface area (Å²) in [4.78, 5) is 16.1. The van der Waals surface area contributed by atoms with Crippen LogP contribution in [0.2, 0.25) is 0 Å². The molecular formula is C28H26BrFN7O3P. The van der Waals surface area contributed by atoms with Crippen molar-refractivity contribution in [3.05, 3.63) is 104 Å². The summed E-state index contributed by atoms with van der Waals surface area (Å²) in [6.07, 6.45) is 0. The predicted molar refractivity (Wildman–Crippen MR) is 160 cm³/mol. The van der Waals surface area contributed by atoms with Crippen molar-refractivity contribution in [3.8, 4) is 5.69 Å². The van der Waals surface area contributed by atoms with E-state index in [4.69, 9.17) is 19.6 Å². The zero-order chi connectivity index (χ0) is 28.7. The van der Waals surface area contributed by atoms with Crippen molar-refractivity contribution in [2.75, 3.05) is 33.4 Å². The van der Waals surface area contributed by atoms with E-state index in [9.17, 15) is 10.1 Å². The van der Waals surface area contributed by atoms with Crippen LogP contribution < -0.4 is 5.30 Å². The second kappa shape index (κ2) is 10.9. The Labute approximate surface area is 244 Å². The van der Waals surface area contributed by atoms with Gasteiger partial charge in [-0.15, -0.1) is 0 Å². The van der Waals surface area contributed by atoms with Crippen molar-refractivity contribution >= 4 is 51.6 Å². The molecule has 1 saturated heterocycles. The first kappa shape index (κ1) is 27.5. The molecule has 0 amide bonds. The minimum atomic E-state index is -2.98. The van der Waals surface area contributed by atoms with Gasteiger partial charge in [-0.25, -0.2) is 23.5 Å². The van der Waals surface area contributed by atoms with Crippen LogP contribution in [0.25, 0.3) is 5.69 Å². The summed E-state index contributed by atoms with van der Waals surface area (Å²) in [6.45, 7) is 4.09. The van der Waals surface area contributed by atoms with E-state index >= 15 is 4.39 Å². The van der Waals surface area contributed by atoms with E-state index in [1.807, 2.05) is 49.0 Å². The molecule has 13 heteroatoms. The average molecular weight is 638 g/mol. The quantitative estimate of drug-likeness (QED) is 0.144. The third-order valence-electron chi connectivity index (χ3n) is 7.13. The van der Waals surface area contributed by atoms with Gasteiger partial charge in [-0.3, -0.25) is 10.1 Å². The lowest BCUT2D eigenvalue weighted by atomic mass is 10.2. The van der Waals surface area contributed by atoms with E-state index < -0.39 is 18.1 Å². The number of para-hydroxylation sites is 1. The molecule has 0 N–H and O–H groups in total. The summed E-state index contributed by atoms with van der Waals surface area (Å²) in [5, 5.41) is 17.2. The number of benzene rings is 3. The minimum absolute atomic E-state index is 0.0473. The van der Waals surface area contributed by atoms with Gasteiger partial charge in [-0.1, -0.05) is 30.3 Å². The van der Waals surface area contributed by atoms with Gasteiger partial charge < -0.3 is 9.41 Å². The van der Waals surface area contributed by atoms with Gasteiger partial charge in [-0.2, -0.15) is 5.10 Å². The third kappa shape index (κ3) is 4.70. The largest absolute Gasteiger partial charge is 0.379 e. The van der Waals surface area contributed by atoms with E-state index in [-0.39, 0.29) is 5.69 Å². The number of nitro groups is 1. The lowest BCUT2D eigenvalue weighted by Gasteiger charge is -2.46. The molecule has 0 spiro atoms. The summed E-state index contributed by atoms with van der Waals surface area (Å²) in [6, 6.07) is 20.8. The summed E-state index contributed by atoms with van der Waals surface area (Å²) in [5.41, 5.74) is 2.39. The molecule has 3 heterocycles. The number of aliphatic imine (C=N–C) groups is 1. The SMILES string of the molecule is Cc1nn(-c2ccccc2)c2c1[P@@](=Nc1ccc([N+](=O)[O-])cc1Br)(N1CCOCC1)N(C)C(c1ccccc1F)=N2. The highest BCUT2D eigenvalue weighted by Crippen LogP contribution is 2.62. The molecule has 210 valence electrons. The molecule has 1 fully saturated rings. The number of rotatable bonds is 5. The number of hydrogen-bond acceptors (Lipinski definition) is 6. The minimum Gasteiger partial charge on any atom is -0.379 e. The standard InChI is InChI=1S/C28H26BrFN7O3P/c1-19-26-28(36(32-19)20-8-4-3-5-9-20)31-27(22-10-6-7-11-24(22)30)34(2)41(26,35-14-16-40-17-15-35)33-25-13-12-21(37(38)39)18-23(25)29/h3-13,18H,14-17H2,1-2H3/t41-/m0/s1. The number of amidine groups is 1.